The summed E-state index contributed by atoms with van der Waals surface area (Å²) < 4.78 is 5.44. The van der Waals surface area contributed by atoms with E-state index in [0.29, 0.717) is 5.92 Å². The molecule has 0 aliphatic heterocycles. The molecule has 0 saturated heterocycles. The second-order valence-corrected chi connectivity index (χ2v) is 4.05. The van der Waals surface area contributed by atoms with E-state index in [1.54, 1.807) is 0 Å². The highest BCUT2D eigenvalue weighted by molar-refractivity contribution is 9.09. The third kappa shape index (κ3) is 3.39. The summed E-state index contributed by atoms with van der Waals surface area (Å²) in [7, 11) is 0. The number of alkyl halides is 1. The molecule has 2 heteroatoms. The van der Waals surface area contributed by atoms with Gasteiger partial charge in [-0.1, -0.05) is 41.9 Å². The van der Waals surface area contributed by atoms with Crippen LogP contribution >= 0.6 is 15.9 Å². The van der Waals surface area contributed by atoms with E-state index in [4.69, 9.17) is 4.74 Å². The fourth-order valence-electron chi connectivity index (χ4n) is 1.11. The zero-order valence-electron chi connectivity index (χ0n) is 8.09. The maximum Gasteiger partial charge on any atom is 0.119 e. The lowest BCUT2D eigenvalue weighted by Crippen LogP contribution is -1.97. The number of hydrogen-bond donors (Lipinski definition) is 0. The summed E-state index contributed by atoms with van der Waals surface area (Å²) in [6.45, 7) is 5.10. The maximum atomic E-state index is 5.44. The third-order valence-electron chi connectivity index (χ3n) is 1.89. The fraction of sp³-hybridized carbons (Fsp3) is 0.455. The van der Waals surface area contributed by atoms with Crippen LogP contribution in [-0.4, -0.2) is 11.9 Å². The van der Waals surface area contributed by atoms with Gasteiger partial charge in [-0.3, -0.25) is 0 Å². The largest absolute Gasteiger partial charge is 0.493 e. The van der Waals surface area contributed by atoms with Crippen molar-refractivity contribution in [3.8, 4) is 5.75 Å². The van der Waals surface area contributed by atoms with Crippen LogP contribution in [0.3, 0.4) is 0 Å². The van der Waals surface area contributed by atoms with E-state index in [-0.39, 0.29) is 0 Å². The summed E-state index contributed by atoms with van der Waals surface area (Å²) in [6.07, 6.45) is 0. The first-order valence-electron chi connectivity index (χ1n) is 4.52. The number of benzene rings is 1. The molecule has 1 aromatic rings. The number of rotatable bonds is 4. The fourth-order valence-corrected chi connectivity index (χ4v) is 1.27. The van der Waals surface area contributed by atoms with Gasteiger partial charge in [0.15, 0.2) is 0 Å². The Hall–Kier alpha value is -0.500. The SMILES string of the molecule is CC(C)c1ccc(OCCBr)cc1. The molecule has 0 aliphatic rings. The lowest BCUT2D eigenvalue weighted by Gasteiger charge is -2.07. The van der Waals surface area contributed by atoms with E-state index < -0.39 is 0 Å². The molecule has 0 fully saturated rings. The van der Waals surface area contributed by atoms with Gasteiger partial charge < -0.3 is 4.74 Å². The van der Waals surface area contributed by atoms with Gasteiger partial charge in [0.1, 0.15) is 5.75 Å². The van der Waals surface area contributed by atoms with Gasteiger partial charge >= 0.3 is 0 Å². The van der Waals surface area contributed by atoms with Gasteiger partial charge in [-0.25, -0.2) is 0 Å². The molecule has 0 heterocycles. The molecule has 13 heavy (non-hydrogen) atoms. The lowest BCUT2D eigenvalue weighted by atomic mass is 10.0. The number of hydrogen-bond acceptors (Lipinski definition) is 1. The van der Waals surface area contributed by atoms with Crippen LogP contribution in [0.2, 0.25) is 0 Å². The van der Waals surface area contributed by atoms with Crippen LogP contribution in [0.1, 0.15) is 25.3 Å². The first kappa shape index (κ1) is 10.6. The van der Waals surface area contributed by atoms with Crippen LogP contribution < -0.4 is 4.74 Å². The van der Waals surface area contributed by atoms with E-state index in [1.807, 2.05) is 12.1 Å². The predicted molar refractivity (Wildman–Crippen MR) is 59.8 cm³/mol. The molecule has 0 atom stereocenters. The summed E-state index contributed by atoms with van der Waals surface area (Å²) in [5, 5.41) is 0.874. The van der Waals surface area contributed by atoms with Crippen LogP contribution in [0, 0.1) is 0 Å². The molecule has 0 spiro atoms. The van der Waals surface area contributed by atoms with Gasteiger partial charge in [0.25, 0.3) is 0 Å². The molecule has 1 nitrogen and oxygen atoms in total. The normalized spacial score (nSPS) is 10.5. The molecule has 72 valence electrons. The average molecular weight is 243 g/mol. The van der Waals surface area contributed by atoms with Crippen molar-refractivity contribution >= 4 is 15.9 Å². The number of ether oxygens (including phenoxy) is 1. The molecular weight excluding hydrogens is 228 g/mol. The number of halogens is 1. The summed E-state index contributed by atoms with van der Waals surface area (Å²) in [5.41, 5.74) is 1.35. The summed E-state index contributed by atoms with van der Waals surface area (Å²) in [5.74, 6) is 1.54. The standard InChI is InChI=1S/C11H15BrO/c1-9(2)10-3-5-11(6-4-10)13-8-7-12/h3-6,9H,7-8H2,1-2H3. The van der Waals surface area contributed by atoms with Crippen molar-refractivity contribution in [2.45, 2.75) is 19.8 Å². The van der Waals surface area contributed by atoms with Crippen LogP contribution in [0.25, 0.3) is 0 Å². The first-order valence-corrected chi connectivity index (χ1v) is 5.65. The van der Waals surface area contributed by atoms with Crippen LogP contribution in [-0.2, 0) is 0 Å². The van der Waals surface area contributed by atoms with Gasteiger partial charge in [-0.2, -0.15) is 0 Å². The van der Waals surface area contributed by atoms with Gasteiger partial charge in [-0.15, -0.1) is 0 Å². The minimum Gasteiger partial charge on any atom is -0.493 e. The van der Waals surface area contributed by atoms with E-state index in [2.05, 4.69) is 41.9 Å². The average Bonchev–Trinajstić information content (AvgIpc) is 2.15. The summed E-state index contributed by atoms with van der Waals surface area (Å²) in [6, 6.07) is 8.29. The van der Waals surface area contributed by atoms with E-state index in [1.165, 1.54) is 5.56 Å². The Morgan fingerprint density at radius 3 is 2.31 bits per heavy atom. The smallest absolute Gasteiger partial charge is 0.119 e. The lowest BCUT2D eigenvalue weighted by molar-refractivity contribution is 0.345. The van der Waals surface area contributed by atoms with Gasteiger partial charge in [-0.05, 0) is 23.6 Å². The Balaban J connectivity index is 2.59. The molecule has 1 rings (SSSR count). The predicted octanol–water partition coefficient (Wildman–Crippen LogP) is 3.58. The monoisotopic (exact) mass is 242 g/mol. The Labute approximate surface area is 88.2 Å². The van der Waals surface area contributed by atoms with Crippen molar-refractivity contribution in [1.29, 1.82) is 0 Å². The molecule has 0 bridgehead atoms. The summed E-state index contributed by atoms with van der Waals surface area (Å²) in [4.78, 5) is 0. The van der Waals surface area contributed by atoms with Crippen LogP contribution in [0.4, 0.5) is 0 Å². The van der Waals surface area contributed by atoms with Crippen molar-refractivity contribution in [3.63, 3.8) is 0 Å². The first-order chi connectivity index (χ1) is 6.24. The molecule has 0 amide bonds. The highest BCUT2D eigenvalue weighted by atomic mass is 79.9. The van der Waals surface area contributed by atoms with Crippen molar-refractivity contribution in [2.75, 3.05) is 11.9 Å². The zero-order valence-corrected chi connectivity index (χ0v) is 9.67. The second kappa shape index (κ2) is 5.28. The van der Waals surface area contributed by atoms with Gasteiger partial charge in [0.2, 0.25) is 0 Å². The molecule has 0 saturated carbocycles. The Morgan fingerprint density at radius 1 is 1.23 bits per heavy atom. The molecular formula is C11H15BrO. The van der Waals surface area contributed by atoms with E-state index >= 15 is 0 Å². The maximum absolute atomic E-state index is 5.44. The Morgan fingerprint density at radius 2 is 1.85 bits per heavy atom. The van der Waals surface area contributed by atoms with Crippen LogP contribution in [0.5, 0.6) is 5.75 Å². The third-order valence-corrected chi connectivity index (χ3v) is 2.22. The zero-order chi connectivity index (χ0) is 9.68. The topological polar surface area (TPSA) is 9.23 Å². The van der Waals surface area contributed by atoms with Crippen molar-refractivity contribution in [1.82, 2.24) is 0 Å². The molecule has 0 unspecified atom stereocenters. The van der Waals surface area contributed by atoms with Crippen molar-refractivity contribution in [3.05, 3.63) is 29.8 Å². The molecule has 0 N–H and O–H groups in total. The quantitative estimate of drug-likeness (QED) is 0.734. The van der Waals surface area contributed by atoms with E-state index in [0.717, 1.165) is 17.7 Å². The van der Waals surface area contributed by atoms with Crippen LogP contribution in [0.15, 0.2) is 24.3 Å². The van der Waals surface area contributed by atoms with Gasteiger partial charge in [0, 0.05) is 5.33 Å². The minimum absolute atomic E-state index is 0.588. The molecule has 0 radical (unpaired) electrons. The van der Waals surface area contributed by atoms with Crippen molar-refractivity contribution < 1.29 is 4.74 Å². The van der Waals surface area contributed by atoms with Gasteiger partial charge in [0.05, 0.1) is 6.61 Å². The molecule has 0 aromatic heterocycles. The minimum atomic E-state index is 0.588. The highest BCUT2D eigenvalue weighted by Gasteiger charge is 1.98. The molecule has 0 aliphatic carbocycles. The summed E-state index contributed by atoms with van der Waals surface area (Å²) >= 11 is 3.32. The van der Waals surface area contributed by atoms with E-state index in [9.17, 15) is 0 Å². The highest BCUT2D eigenvalue weighted by Crippen LogP contribution is 2.18. The second-order valence-electron chi connectivity index (χ2n) is 3.26. The molecule has 1 aromatic carbocycles. The Kier molecular flexibility index (Phi) is 4.29. The Bertz CT molecular complexity index is 241. The van der Waals surface area contributed by atoms with Crippen molar-refractivity contribution in [2.24, 2.45) is 0 Å².